The summed E-state index contributed by atoms with van der Waals surface area (Å²) in [6, 6.07) is 12.5. The van der Waals surface area contributed by atoms with E-state index >= 15 is 0 Å². The molecular weight excluding hydrogens is 288 g/mol. The van der Waals surface area contributed by atoms with Gasteiger partial charge in [-0.2, -0.15) is 0 Å². The van der Waals surface area contributed by atoms with Crippen LogP contribution >= 0.6 is 0 Å². The van der Waals surface area contributed by atoms with Crippen molar-refractivity contribution in [2.75, 3.05) is 44.0 Å². The van der Waals surface area contributed by atoms with E-state index < -0.39 is 0 Å². The molecule has 2 N–H and O–H groups in total. The highest BCUT2D eigenvalue weighted by Gasteiger charge is 2.14. The zero-order valence-electron chi connectivity index (χ0n) is 13.6. The number of rotatable bonds is 6. The molecule has 0 amide bonds. The number of pyridine rings is 1. The Morgan fingerprint density at radius 2 is 2.17 bits per heavy atom. The van der Waals surface area contributed by atoms with Crippen LogP contribution in [0.25, 0.3) is 0 Å². The molecule has 122 valence electrons. The second kappa shape index (κ2) is 7.94. The minimum Gasteiger partial charge on any atom is -0.383 e. The SMILES string of the molecule is COCCN1CCNc2cc(NCc3ccccc3)ncc2C1. The number of nitrogens with zero attached hydrogens (tertiary/aromatic N) is 2. The molecule has 0 spiro atoms. The lowest BCUT2D eigenvalue weighted by molar-refractivity contribution is 0.147. The third kappa shape index (κ3) is 4.43. The fraction of sp³-hybridized carbons (Fsp3) is 0.389. The number of nitrogens with one attached hydrogen (secondary N) is 2. The van der Waals surface area contributed by atoms with E-state index in [1.165, 1.54) is 16.8 Å². The van der Waals surface area contributed by atoms with Gasteiger partial charge in [0.05, 0.1) is 6.61 Å². The van der Waals surface area contributed by atoms with Gasteiger partial charge < -0.3 is 15.4 Å². The summed E-state index contributed by atoms with van der Waals surface area (Å²) in [6.07, 6.45) is 1.97. The molecule has 1 aromatic heterocycles. The summed E-state index contributed by atoms with van der Waals surface area (Å²) >= 11 is 0. The topological polar surface area (TPSA) is 49.4 Å². The van der Waals surface area contributed by atoms with Crippen molar-refractivity contribution in [1.82, 2.24) is 9.88 Å². The van der Waals surface area contributed by atoms with Gasteiger partial charge in [0.1, 0.15) is 5.82 Å². The van der Waals surface area contributed by atoms with E-state index in [4.69, 9.17) is 4.74 Å². The largest absolute Gasteiger partial charge is 0.383 e. The molecule has 0 unspecified atom stereocenters. The highest BCUT2D eigenvalue weighted by molar-refractivity contribution is 5.58. The van der Waals surface area contributed by atoms with Crippen LogP contribution in [0.5, 0.6) is 0 Å². The van der Waals surface area contributed by atoms with Crippen LogP contribution < -0.4 is 10.6 Å². The van der Waals surface area contributed by atoms with E-state index in [9.17, 15) is 0 Å². The van der Waals surface area contributed by atoms with E-state index in [2.05, 4.69) is 50.8 Å². The normalized spacial score (nSPS) is 14.7. The van der Waals surface area contributed by atoms with E-state index in [0.717, 1.165) is 45.1 Å². The molecule has 2 heterocycles. The van der Waals surface area contributed by atoms with Gasteiger partial charge in [-0.15, -0.1) is 0 Å². The molecule has 0 atom stereocenters. The lowest BCUT2D eigenvalue weighted by Crippen LogP contribution is -2.29. The number of fused-ring (bicyclic) bond motifs is 1. The summed E-state index contributed by atoms with van der Waals surface area (Å²) in [7, 11) is 1.75. The molecule has 1 aliphatic heterocycles. The van der Waals surface area contributed by atoms with Crippen molar-refractivity contribution < 1.29 is 4.74 Å². The Kier molecular flexibility index (Phi) is 5.45. The van der Waals surface area contributed by atoms with Gasteiger partial charge in [-0.05, 0) is 5.56 Å². The Bertz CT molecular complexity index is 618. The number of methoxy groups -OCH3 is 1. The summed E-state index contributed by atoms with van der Waals surface area (Å²) in [5.41, 5.74) is 3.67. The smallest absolute Gasteiger partial charge is 0.128 e. The Hall–Kier alpha value is -2.11. The lowest BCUT2D eigenvalue weighted by Gasteiger charge is -2.19. The molecule has 0 saturated heterocycles. The average Bonchev–Trinajstić information content (AvgIpc) is 2.80. The van der Waals surface area contributed by atoms with Crippen molar-refractivity contribution in [1.29, 1.82) is 0 Å². The Balaban J connectivity index is 1.64. The van der Waals surface area contributed by atoms with Crippen LogP contribution in [0.3, 0.4) is 0 Å². The van der Waals surface area contributed by atoms with Gasteiger partial charge >= 0.3 is 0 Å². The monoisotopic (exact) mass is 312 g/mol. The number of aromatic nitrogens is 1. The van der Waals surface area contributed by atoms with E-state index in [0.29, 0.717) is 0 Å². The summed E-state index contributed by atoms with van der Waals surface area (Å²) in [4.78, 5) is 6.94. The molecule has 0 fully saturated rings. The molecule has 1 aromatic carbocycles. The Morgan fingerprint density at radius 1 is 1.30 bits per heavy atom. The number of anilines is 2. The zero-order chi connectivity index (χ0) is 15.9. The second-order valence-corrected chi connectivity index (χ2v) is 5.76. The van der Waals surface area contributed by atoms with Gasteiger partial charge in [-0.1, -0.05) is 30.3 Å². The minimum atomic E-state index is 0.763. The molecule has 1 aliphatic rings. The van der Waals surface area contributed by atoms with Crippen LogP contribution in [-0.2, 0) is 17.8 Å². The van der Waals surface area contributed by atoms with Gasteiger partial charge in [0, 0.05) is 63.3 Å². The van der Waals surface area contributed by atoms with Gasteiger partial charge in [0.25, 0.3) is 0 Å². The van der Waals surface area contributed by atoms with Gasteiger partial charge in [0.2, 0.25) is 0 Å². The van der Waals surface area contributed by atoms with E-state index in [-0.39, 0.29) is 0 Å². The zero-order valence-corrected chi connectivity index (χ0v) is 13.6. The number of ether oxygens (including phenoxy) is 1. The third-order valence-corrected chi connectivity index (χ3v) is 4.05. The quantitative estimate of drug-likeness (QED) is 0.858. The molecule has 23 heavy (non-hydrogen) atoms. The first-order valence-corrected chi connectivity index (χ1v) is 8.07. The maximum atomic E-state index is 5.18. The van der Waals surface area contributed by atoms with Crippen LogP contribution in [0.15, 0.2) is 42.6 Å². The van der Waals surface area contributed by atoms with Crippen LogP contribution in [-0.4, -0.2) is 43.2 Å². The first-order chi connectivity index (χ1) is 11.3. The van der Waals surface area contributed by atoms with Crippen molar-refractivity contribution in [3.05, 3.63) is 53.7 Å². The van der Waals surface area contributed by atoms with E-state index in [1.807, 2.05) is 12.3 Å². The van der Waals surface area contributed by atoms with Crippen molar-refractivity contribution >= 4 is 11.5 Å². The van der Waals surface area contributed by atoms with Gasteiger partial charge in [-0.25, -0.2) is 4.98 Å². The van der Waals surface area contributed by atoms with Gasteiger partial charge in [-0.3, -0.25) is 4.90 Å². The molecule has 5 nitrogen and oxygen atoms in total. The van der Waals surface area contributed by atoms with Gasteiger partial charge in [0.15, 0.2) is 0 Å². The minimum absolute atomic E-state index is 0.763. The standard InChI is InChI=1S/C18H24N4O/c1-23-10-9-22-8-7-19-17-11-18(21-13-16(17)14-22)20-12-15-5-3-2-4-6-15/h2-6,11,13,19H,7-10,12,14H2,1H3,(H,20,21). The molecule has 3 rings (SSSR count). The first-order valence-electron chi connectivity index (χ1n) is 8.07. The molecule has 0 bridgehead atoms. The molecule has 5 heteroatoms. The number of benzene rings is 1. The fourth-order valence-electron chi connectivity index (χ4n) is 2.74. The highest BCUT2D eigenvalue weighted by atomic mass is 16.5. The molecule has 2 aromatic rings. The number of hydrogen-bond donors (Lipinski definition) is 2. The average molecular weight is 312 g/mol. The summed E-state index contributed by atoms with van der Waals surface area (Å²) in [5.74, 6) is 0.908. The van der Waals surface area contributed by atoms with Crippen LogP contribution in [0.1, 0.15) is 11.1 Å². The molecule has 0 saturated carbocycles. The summed E-state index contributed by atoms with van der Waals surface area (Å²) in [5, 5.41) is 6.90. The van der Waals surface area contributed by atoms with E-state index in [1.54, 1.807) is 7.11 Å². The van der Waals surface area contributed by atoms with Crippen LogP contribution in [0.4, 0.5) is 11.5 Å². The van der Waals surface area contributed by atoms with Crippen molar-refractivity contribution in [2.45, 2.75) is 13.1 Å². The van der Waals surface area contributed by atoms with Crippen molar-refractivity contribution in [3.63, 3.8) is 0 Å². The molecule has 0 aliphatic carbocycles. The van der Waals surface area contributed by atoms with Crippen LogP contribution in [0, 0.1) is 0 Å². The maximum absolute atomic E-state index is 5.18. The van der Waals surface area contributed by atoms with Crippen LogP contribution in [0.2, 0.25) is 0 Å². The summed E-state index contributed by atoms with van der Waals surface area (Å²) in [6.45, 7) is 5.37. The second-order valence-electron chi connectivity index (χ2n) is 5.76. The molecular formula is C18H24N4O. The lowest BCUT2D eigenvalue weighted by atomic mass is 10.2. The number of hydrogen-bond acceptors (Lipinski definition) is 5. The fourth-order valence-corrected chi connectivity index (χ4v) is 2.74. The first kappa shape index (κ1) is 15.8. The predicted molar refractivity (Wildman–Crippen MR) is 93.6 cm³/mol. The molecule has 0 radical (unpaired) electrons. The predicted octanol–water partition coefficient (Wildman–Crippen LogP) is 2.57. The van der Waals surface area contributed by atoms with Crippen molar-refractivity contribution in [3.8, 4) is 0 Å². The van der Waals surface area contributed by atoms with Crippen molar-refractivity contribution in [2.24, 2.45) is 0 Å². The highest BCUT2D eigenvalue weighted by Crippen LogP contribution is 2.22. The Labute approximate surface area is 137 Å². The Morgan fingerprint density at radius 3 is 3.00 bits per heavy atom. The summed E-state index contributed by atoms with van der Waals surface area (Å²) < 4.78 is 5.18. The third-order valence-electron chi connectivity index (χ3n) is 4.05. The maximum Gasteiger partial charge on any atom is 0.128 e.